The first-order valence-electron chi connectivity index (χ1n) is 7.37. The number of H-pyrrole nitrogens is 1. The molecule has 1 aliphatic heterocycles. The van der Waals surface area contributed by atoms with Crippen molar-refractivity contribution in [3.63, 3.8) is 0 Å². The second kappa shape index (κ2) is 6.83. The molecule has 0 spiro atoms. The fourth-order valence-corrected chi connectivity index (χ4v) is 2.92. The van der Waals surface area contributed by atoms with Crippen LogP contribution in [0.15, 0.2) is 42.7 Å². The number of nitrogens with one attached hydrogen (secondary N) is 2. The van der Waals surface area contributed by atoms with Gasteiger partial charge in [-0.2, -0.15) is 0 Å². The summed E-state index contributed by atoms with van der Waals surface area (Å²) in [5.41, 5.74) is 1.39. The van der Waals surface area contributed by atoms with Crippen LogP contribution in [0.1, 0.15) is 18.4 Å². The average molecular weight is 300 g/mol. The summed E-state index contributed by atoms with van der Waals surface area (Å²) in [4.78, 5) is 9.62. The molecular weight excluding hydrogens is 280 g/mol. The van der Waals surface area contributed by atoms with Crippen LogP contribution in [0, 0.1) is 4.64 Å². The van der Waals surface area contributed by atoms with Crippen molar-refractivity contribution in [2.45, 2.75) is 25.4 Å². The van der Waals surface area contributed by atoms with Gasteiger partial charge in [-0.05, 0) is 18.4 Å². The molecule has 0 amide bonds. The van der Waals surface area contributed by atoms with Gasteiger partial charge in [0.2, 0.25) is 0 Å². The molecule has 0 saturated carbocycles. The summed E-state index contributed by atoms with van der Waals surface area (Å²) in [6.07, 6.45) is 3.95. The summed E-state index contributed by atoms with van der Waals surface area (Å²) < 4.78 is 0.623. The van der Waals surface area contributed by atoms with E-state index >= 15 is 0 Å². The number of rotatable bonds is 4. The number of anilines is 1. The summed E-state index contributed by atoms with van der Waals surface area (Å²) in [5.74, 6) is 0.969. The minimum absolute atomic E-state index is 0.505. The maximum atomic E-state index is 5.08. The van der Waals surface area contributed by atoms with Gasteiger partial charge >= 0.3 is 0 Å². The van der Waals surface area contributed by atoms with Gasteiger partial charge in [-0.25, -0.2) is 4.98 Å². The van der Waals surface area contributed by atoms with E-state index < -0.39 is 0 Å². The fraction of sp³-hybridized carbons (Fsp3) is 0.375. The van der Waals surface area contributed by atoms with E-state index in [-0.39, 0.29) is 0 Å². The first kappa shape index (κ1) is 14.2. The second-order valence-corrected chi connectivity index (χ2v) is 5.90. The van der Waals surface area contributed by atoms with Crippen LogP contribution in [0.3, 0.4) is 0 Å². The van der Waals surface area contributed by atoms with E-state index in [1.807, 2.05) is 6.07 Å². The number of nitrogens with zero attached hydrogens (tertiary/aromatic N) is 2. The van der Waals surface area contributed by atoms with Crippen LogP contribution < -0.4 is 5.32 Å². The SMILES string of the molecule is S=c1cc(NC2CCN(Cc3ccccc3)CC2)[nH]cn1. The van der Waals surface area contributed by atoms with Crippen molar-refractivity contribution in [3.05, 3.63) is 52.9 Å². The zero-order valence-corrected chi connectivity index (χ0v) is 12.8. The van der Waals surface area contributed by atoms with Gasteiger partial charge in [0.25, 0.3) is 0 Å². The Bertz CT molecular complexity index is 617. The summed E-state index contributed by atoms with van der Waals surface area (Å²) in [5, 5.41) is 3.52. The van der Waals surface area contributed by atoms with Crippen molar-refractivity contribution in [2.24, 2.45) is 0 Å². The van der Waals surface area contributed by atoms with Crippen LogP contribution >= 0.6 is 12.2 Å². The Morgan fingerprint density at radius 2 is 2.00 bits per heavy atom. The molecule has 4 nitrogen and oxygen atoms in total. The Morgan fingerprint density at radius 3 is 2.71 bits per heavy atom. The van der Waals surface area contributed by atoms with E-state index in [0.717, 1.165) is 38.3 Å². The van der Waals surface area contributed by atoms with Gasteiger partial charge in [0.05, 0.1) is 6.33 Å². The number of hydrogen-bond acceptors (Lipinski definition) is 4. The zero-order valence-electron chi connectivity index (χ0n) is 12.0. The normalized spacial score (nSPS) is 16.8. The average Bonchev–Trinajstić information content (AvgIpc) is 2.50. The number of aromatic nitrogens is 2. The number of benzene rings is 1. The molecule has 2 heterocycles. The molecule has 0 radical (unpaired) electrons. The van der Waals surface area contributed by atoms with E-state index in [1.165, 1.54) is 5.56 Å². The molecule has 0 atom stereocenters. The van der Waals surface area contributed by atoms with Gasteiger partial charge in [0.15, 0.2) is 0 Å². The molecule has 5 heteroatoms. The van der Waals surface area contributed by atoms with Crippen molar-refractivity contribution in [1.29, 1.82) is 0 Å². The Hall–Kier alpha value is -1.72. The Labute approximate surface area is 130 Å². The first-order chi connectivity index (χ1) is 10.3. The van der Waals surface area contributed by atoms with E-state index in [9.17, 15) is 0 Å². The first-order valence-corrected chi connectivity index (χ1v) is 7.78. The van der Waals surface area contributed by atoms with Crippen molar-refractivity contribution in [1.82, 2.24) is 14.9 Å². The number of likely N-dealkylation sites (tertiary alicyclic amines) is 1. The lowest BCUT2D eigenvalue weighted by Gasteiger charge is -2.32. The van der Waals surface area contributed by atoms with E-state index in [0.29, 0.717) is 10.7 Å². The predicted octanol–water partition coefficient (Wildman–Crippen LogP) is 3.22. The minimum Gasteiger partial charge on any atom is -0.369 e. The highest BCUT2D eigenvalue weighted by molar-refractivity contribution is 7.71. The third-order valence-corrected chi connectivity index (χ3v) is 4.10. The molecule has 21 heavy (non-hydrogen) atoms. The van der Waals surface area contributed by atoms with Gasteiger partial charge in [-0.1, -0.05) is 42.5 Å². The number of aromatic amines is 1. The third-order valence-electron chi connectivity index (χ3n) is 3.88. The molecule has 2 N–H and O–H groups in total. The predicted molar refractivity (Wildman–Crippen MR) is 87.8 cm³/mol. The van der Waals surface area contributed by atoms with Crippen molar-refractivity contribution in [3.8, 4) is 0 Å². The quantitative estimate of drug-likeness (QED) is 0.851. The molecule has 1 fully saturated rings. The monoisotopic (exact) mass is 300 g/mol. The van der Waals surface area contributed by atoms with Crippen LogP contribution in [0.2, 0.25) is 0 Å². The summed E-state index contributed by atoms with van der Waals surface area (Å²) in [6.45, 7) is 3.29. The van der Waals surface area contributed by atoms with Gasteiger partial charge in [0.1, 0.15) is 10.5 Å². The molecule has 1 saturated heterocycles. The maximum absolute atomic E-state index is 5.08. The van der Waals surface area contributed by atoms with E-state index in [2.05, 4.69) is 50.5 Å². The van der Waals surface area contributed by atoms with Crippen LogP contribution in [0.4, 0.5) is 5.82 Å². The molecule has 2 aromatic rings. The minimum atomic E-state index is 0.505. The maximum Gasteiger partial charge on any atom is 0.131 e. The summed E-state index contributed by atoms with van der Waals surface area (Å²) in [7, 11) is 0. The Kier molecular flexibility index (Phi) is 4.62. The lowest BCUT2D eigenvalue weighted by Crippen LogP contribution is -2.38. The van der Waals surface area contributed by atoms with E-state index in [4.69, 9.17) is 12.2 Å². The highest BCUT2D eigenvalue weighted by Crippen LogP contribution is 2.16. The van der Waals surface area contributed by atoms with Crippen LogP contribution in [-0.2, 0) is 6.54 Å². The lowest BCUT2D eigenvalue weighted by molar-refractivity contribution is 0.211. The van der Waals surface area contributed by atoms with Gasteiger partial charge < -0.3 is 10.3 Å². The van der Waals surface area contributed by atoms with Gasteiger partial charge in [-0.15, -0.1) is 0 Å². The molecule has 0 unspecified atom stereocenters. The second-order valence-electron chi connectivity index (χ2n) is 5.48. The van der Waals surface area contributed by atoms with Gasteiger partial charge in [-0.3, -0.25) is 4.90 Å². The zero-order chi connectivity index (χ0) is 14.5. The molecule has 110 valence electrons. The number of hydrogen-bond donors (Lipinski definition) is 2. The smallest absolute Gasteiger partial charge is 0.131 e. The van der Waals surface area contributed by atoms with Crippen molar-refractivity contribution >= 4 is 18.0 Å². The highest BCUT2D eigenvalue weighted by atomic mass is 32.1. The third kappa shape index (κ3) is 4.12. The van der Waals surface area contributed by atoms with Gasteiger partial charge in [0, 0.05) is 31.7 Å². The molecule has 1 aliphatic rings. The lowest BCUT2D eigenvalue weighted by atomic mass is 10.0. The van der Waals surface area contributed by atoms with Crippen molar-refractivity contribution < 1.29 is 0 Å². The van der Waals surface area contributed by atoms with Crippen LogP contribution in [0.5, 0.6) is 0 Å². The van der Waals surface area contributed by atoms with E-state index in [1.54, 1.807) is 6.33 Å². The fourth-order valence-electron chi connectivity index (χ4n) is 2.75. The molecular formula is C16H20N4S. The Morgan fingerprint density at radius 1 is 1.24 bits per heavy atom. The summed E-state index contributed by atoms with van der Waals surface area (Å²) in [6, 6.07) is 13.1. The molecule has 3 rings (SSSR count). The summed E-state index contributed by atoms with van der Waals surface area (Å²) >= 11 is 5.08. The Balaban J connectivity index is 1.50. The molecule has 0 aliphatic carbocycles. The van der Waals surface area contributed by atoms with Crippen molar-refractivity contribution in [2.75, 3.05) is 18.4 Å². The highest BCUT2D eigenvalue weighted by Gasteiger charge is 2.19. The molecule has 1 aromatic heterocycles. The standard InChI is InChI=1S/C16H20N4S/c21-16-10-15(17-12-18-16)19-14-6-8-20(9-7-14)11-13-4-2-1-3-5-13/h1-5,10,12,14H,6-9,11H2,(H2,17,18,19,21). The molecule has 1 aromatic carbocycles. The molecule has 0 bridgehead atoms. The largest absolute Gasteiger partial charge is 0.369 e. The van der Waals surface area contributed by atoms with Crippen LogP contribution in [-0.4, -0.2) is 34.0 Å². The van der Waals surface area contributed by atoms with Crippen LogP contribution in [0.25, 0.3) is 0 Å². The number of piperidine rings is 1. The topological polar surface area (TPSA) is 44.0 Å².